The Bertz CT molecular complexity index is 1330. The van der Waals surface area contributed by atoms with E-state index in [4.69, 9.17) is 24.4 Å². The van der Waals surface area contributed by atoms with E-state index in [1.807, 2.05) is 39.0 Å². The van der Waals surface area contributed by atoms with Crippen molar-refractivity contribution in [3.63, 3.8) is 0 Å². The zero-order valence-corrected chi connectivity index (χ0v) is 23.8. The number of halogens is 2. The minimum atomic E-state index is -1.33. The topological polar surface area (TPSA) is 80.7 Å². The fraction of sp³-hybridized carbons (Fsp3) is 0.533. The van der Waals surface area contributed by atoms with Crippen LogP contribution in [0.15, 0.2) is 41.9 Å². The predicted molar refractivity (Wildman–Crippen MR) is 148 cm³/mol. The molecule has 1 amide bonds. The predicted octanol–water partition coefficient (Wildman–Crippen LogP) is 5.33. The largest absolute Gasteiger partial charge is 0.488 e. The van der Waals surface area contributed by atoms with Gasteiger partial charge in [-0.1, -0.05) is 13.0 Å². The number of nitrogens with zero attached hydrogens (tertiary/aromatic N) is 5. The maximum atomic E-state index is 14.3. The average molecular weight is 554 g/mol. The summed E-state index contributed by atoms with van der Waals surface area (Å²) < 4.78 is 40.1. The van der Waals surface area contributed by atoms with Crippen LogP contribution in [-0.2, 0) is 22.5 Å². The lowest BCUT2D eigenvalue weighted by Crippen LogP contribution is -2.39. The molecular weight excluding hydrogens is 516 g/mol. The lowest BCUT2D eigenvalue weighted by atomic mass is 9.99. The molecule has 0 N–H and O–H groups in total. The van der Waals surface area contributed by atoms with E-state index in [1.54, 1.807) is 18.7 Å². The Morgan fingerprint density at radius 3 is 2.50 bits per heavy atom. The van der Waals surface area contributed by atoms with Crippen molar-refractivity contribution < 1.29 is 23.0 Å². The first-order valence-electron chi connectivity index (χ1n) is 13.9. The quantitative estimate of drug-likeness (QED) is 0.495. The summed E-state index contributed by atoms with van der Waals surface area (Å²) in [5, 5.41) is 0. The van der Waals surface area contributed by atoms with Crippen LogP contribution in [-0.4, -0.2) is 63.3 Å². The van der Waals surface area contributed by atoms with Crippen LogP contribution in [0.25, 0.3) is 11.4 Å². The number of amides is 1. The van der Waals surface area contributed by atoms with Crippen LogP contribution in [0.5, 0.6) is 5.88 Å². The van der Waals surface area contributed by atoms with Gasteiger partial charge < -0.3 is 19.3 Å². The Morgan fingerprint density at radius 1 is 1.05 bits per heavy atom. The number of fused-ring (bicyclic) bond motifs is 1. The minimum absolute atomic E-state index is 0.00893. The van der Waals surface area contributed by atoms with Gasteiger partial charge in [0, 0.05) is 57.8 Å². The molecule has 2 aromatic rings. The van der Waals surface area contributed by atoms with E-state index in [1.165, 1.54) is 6.08 Å². The second-order valence-electron chi connectivity index (χ2n) is 11.7. The number of hydrogen-bond donors (Lipinski definition) is 0. The molecule has 3 aliphatic rings. The highest BCUT2D eigenvalue weighted by molar-refractivity contribution is 5.74. The number of anilines is 1. The van der Waals surface area contributed by atoms with Crippen LogP contribution in [0, 0.1) is 5.92 Å². The van der Waals surface area contributed by atoms with Crippen molar-refractivity contribution >= 4 is 11.7 Å². The molecule has 10 heteroatoms. The van der Waals surface area contributed by atoms with Crippen LogP contribution in [0.3, 0.4) is 0 Å². The highest BCUT2D eigenvalue weighted by atomic mass is 19.1. The number of piperidine rings is 1. The highest BCUT2D eigenvalue weighted by Gasteiger charge is 2.31. The van der Waals surface area contributed by atoms with Crippen LogP contribution >= 0.6 is 0 Å². The van der Waals surface area contributed by atoms with Crippen molar-refractivity contribution in [3.05, 3.63) is 53.3 Å². The van der Waals surface area contributed by atoms with E-state index in [2.05, 4.69) is 4.90 Å². The van der Waals surface area contributed by atoms with E-state index in [0.717, 1.165) is 23.3 Å². The summed E-state index contributed by atoms with van der Waals surface area (Å²) in [4.78, 5) is 30.8. The Morgan fingerprint density at radius 2 is 1.80 bits per heavy atom. The van der Waals surface area contributed by atoms with Crippen molar-refractivity contribution in [3.8, 4) is 17.3 Å². The molecule has 0 bridgehead atoms. The average Bonchev–Trinajstić information content (AvgIpc) is 2.90. The molecule has 0 aromatic carbocycles. The third-order valence-corrected chi connectivity index (χ3v) is 7.31. The van der Waals surface area contributed by atoms with Gasteiger partial charge in [0.25, 0.3) is 0 Å². The second-order valence-corrected chi connectivity index (χ2v) is 11.7. The summed E-state index contributed by atoms with van der Waals surface area (Å²) in [5.74, 6) is 0.296. The molecule has 0 saturated carbocycles. The molecule has 1 unspecified atom stereocenters. The molecule has 1 saturated heterocycles. The molecule has 4 heterocycles. The zero-order chi connectivity index (χ0) is 28.6. The van der Waals surface area contributed by atoms with E-state index in [0.29, 0.717) is 62.7 Å². The summed E-state index contributed by atoms with van der Waals surface area (Å²) >= 11 is 0. The van der Waals surface area contributed by atoms with Gasteiger partial charge in [-0.05, 0) is 39.0 Å². The van der Waals surface area contributed by atoms with Gasteiger partial charge in [-0.15, -0.1) is 0 Å². The first-order valence-corrected chi connectivity index (χ1v) is 13.9. The van der Waals surface area contributed by atoms with Gasteiger partial charge in [-0.2, -0.15) is 0 Å². The summed E-state index contributed by atoms with van der Waals surface area (Å²) in [6.07, 6.45) is 2.92. The molecule has 214 valence electrons. The maximum absolute atomic E-state index is 14.3. The van der Waals surface area contributed by atoms with Gasteiger partial charge in [0.2, 0.25) is 11.8 Å². The normalized spacial score (nSPS) is 21.9. The summed E-state index contributed by atoms with van der Waals surface area (Å²) in [6.45, 7) is 11.4. The number of allylic oxidation sites excluding steroid dienone is 3. The fourth-order valence-corrected chi connectivity index (χ4v) is 5.15. The maximum Gasteiger partial charge on any atom is 0.219 e. The smallest absolute Gasteiger partial charge is 0.219 e. The number of aromatic nitrogens is 3. The molecule has 2 atom stereocenters. The number of hydrogen-bond acceptors (Lipinski definition) is 7. The van der Waals surface area contributed by atoms with E-state index in [-0.39, 0.29) is 17.8 Å². The van der Waals surface area contributed by atoms with Gasteiger partial charge in [0.15, 0.2) is 17.4 Å². The third-order valence-electron chi connectivity index (χ3n) is 7.31. The van der Waals surface area contributed by atoms with Gasteiger partial charge in [0.05, 0.1) is 23.6 Å². The molecule has 1 aliphatic carbocycles. The van der Waals surface area contributed by atoms with Crippen molar-refractivity contribution in [2.75, 3.05) is 24.5 Å². The molecule has 0 spiro atoms. The van der Waals surface area contributed by atoms with Crippen molar-refractivity contribution in [2.45, 2.75) is 78.3 Å². The number of ether oxygens (including phenoxy) is 2. The van der Waals surface area contributed by atoms with E-state index in [9.17, 15) is 13.6 Å². The molecule has 5 rings (SSSR count). The number of alkyl halides is 1. The van der Waals surface area contributed by atoms with Crippen molar-refractivity contribution in [1.82, 2.24) is 19.9 Å². The van der Waals surface area contributed by atoms with Crippen molar-refractivity contribution in [1.29, 1.82) is 0 Å². The SMILES string of the molecule is CC(=O)N1CCc2nc(N3CCC(OC4=CC(C)[C@@H](F)C=C4F)CC3)c(-c3cccc(OC(C)(C)C)n3)nc2C1. The zero-order valence-electron chi connectivity index (χ0n) is 23.8. The number of carbonyl (C=O) groups excluding carboxylic acids is 1. The minimum Gasteiger partial charge on any atom is -0.488 e. The van der Waals surface area contributed by atoms with Crippen molar-refractivity contribution in [2.24, 2.45) is 5.92 Å². The Hall–Kier alpha value is -3.56. The summed E-state index contributed by atoms with van der Waals surface area (Å²) in [7, 11) is 0. The summed E-state index contributed by atoms with van der Waals surface area (Å²) in [5.41, 5.74) is 2.51. The van der Waals surface area contributed by atoms with Gasteiger partial charge >= 0.3 is 0 Å². The summed E-state index contributed by atoms with van der Waals surface area (Å²) in [6, 6.07) is 5.60. The van der Waals surface area contributed by atoms with Gasteiger partial charge in [-0.3, -0.25) is 4.79 Å². The van der Waals surface area contributed by atoms with Gasteiger partial charge in [-0.25, -0.2) is 23.7 Å². The lowest BCUT2D eigenvalue weighted by Gasteiger charge is -2.35. The number of carbonyl (C=O) groups is 1. The Kier molecular flexibility index (Phi) is 7.79. The first-order chi connectivity index (χ1) is 19.0. The van der Waals surface area contributed by atoms with E-state index < -0.39 is 23.5 Å². The van der Waals surface area contributed by atoms with Crippen LogP contribution in [0.2, 0.25) is 0 Å². The second kappa shape index (κ2) is 11.1. The van der Waals surface area contributed by atoms with Gasteiger partial charge in [0.1, 0.15) is 23.6 Å². The first kappa shape index (κ1) is 28.0. The monoisotopic (exact) mass is 553 g/mol. The van der Waals surface area contributed by atoms with E-state index >= 15 is 0 Å². The molecule has 40 heavy (non-hydrogen) atoms. The molecular formula is C30H37F2N5O3. The molecule has 2 aliphatic heterocycles. The van der Waals surface area contributed by atoms with Crippen LogP contribution < -0.4 is 9.64 Å². The highest BCUT2D eigenvalue weighted by Crippen LogP contribution is 2.34. The number of rotatable bonds is 5. The molecule has 0 radical (unpaired) electrons. The molecule has 8 nitrogen and oxygen atoms in total. The molecule has 2 aromatic heterocycles. The van der Waals surface area contributed by atoms with Crippen LogP contribution in [0.4, 0.5) is 14.6 Å². The third kappa shape index (κ3) is 6.26. The lowest BCUT2D eigenvalue weighted by molar-refractivity contribution is -0.129. The Labute approximate surface area is 234 Å². The standard InChI is InChI=1S/C30H37F2N5O3/c1-18-15-26(22(32)16-21(18)31)39-20-9-12-36(13-10-20)29-28(24-7-6-8-27(33-24)40-30(3,4)5)34-25-17-37(19(2)38)14-11-23(25)35-29/h6-8,15-16,18,20-21H,9-14,17H2,1-5H3/t18?,21-/m0/s1. The molecule has 1 fully saturated rings. The number of pyridine rings is 1. The Balaban J connectivity index is 1.41. The van der Waals surface area contributed by atoms with Crippen LogP contribution in [0.1, 0.15) is 58.8 Å². The fourth-order valence-electron chi connectivity index (χ4n) is 5.15.